The molecule has 226 valence electrons. The predicted molar refractivity (Wildman–Crippen MR) is 167 cm³/mol. The normalized spacial score (nSPS) is 12.7. The number of anilines is 1. The standard InChI is InChI=1S/C32H40ClN3O5S/c1-6-24(5)34-32(38)30(7-2)35(21-25-11-13-26(33)14-12-25)31(37)22-36(27-15-9-23(4)10-16-27)42(39,40)29-19-17-28(18-20-29)41-8-3/h9-20,24,30H,6-8,21-22H2,1-5H3,(H,34,38). The molecule has 0 saturated carbocycles. The fourth-order valence-electron chi connectivity index (χ4n) is 4.39. The maximum absolute atomic E-state index is 14.1. The van der Waals surface area contributed by atoms with Crippen molar-refractivity contribution >= 4 is 39.1 Å². The fourth-order valence-corrected chi connectivity index (χ4v) is 5.93. The van der Waals surface area contributed by atoms with E-state index in [4.69, 9.17) is 16.3 Å². The molecule has 3 aromatic carbocycles. The quantitative estimate of drug-likeness (QED) is 0.242. The highest BCUT2D eigenvalue weighted by Gasteiger charge is 2.34. The molecule has 2 atom stereocenters. The zero-order chi connectivity index (χ0) is 30.9. The van der Waals surface area contributed by atoms with Gasteiger partial charge in [0, 0.05) is 17.6 Å². The van der Waals surface area contributed by atoms with E-state index in [0.717, 1.165) is 21.9 Å². The van der Waals surface area contributed by atoms with Gasteiger partial charge in [-0.25, -0.2) is 8.42 Å². The van der Waals surface area contributed by atoms with Crippen LogP contribution < -0.4 is 14.4 Å². The molecule has 0 fully saturated rings. The highest BCUT2D eigenvalue weighted by atomic mass is 35.5. The molecule has 1 N–H and O–H groups in total. The van der Waals surface area contributed by atoms with Gasteiger partial charge in [0.2, 0.25) is 11.8 Å². The lowest BCUT2D eigenvalue weighted by Gasteiger charge is -2.33. The van der Waals surface area contributed by atoms with Gasteiger partial charge in [-0.3, -0.25) is 13.9 Å². The van der Waals surface area contributed by atoms with Gasteiger partial charge in [0.15, 0.2) is 0 Å². The van der Waals surface area contributed by atoms with Gasteiger partial charge in [-0.1, -0.05) is 55.3 Å². The number of rotatable bonds is 14. The SMILES string of the molecule is CCOc1ccc(S(=O)(=O)N(CC(=O)N(Cc2ccc(Cl)cc2)C(CC)C(=O)NC(C)CC)c2ccc(C)cc2)cc1. The minimum atomic E-state index is -4.17. The molecule has 0 aliphatic heterocycles. The number of aryl methyl sites for hydroxylation is 1. The molecule has 10 heteroatoms. The zero-order valence-corrected chi connectivity index (χ0v) is 26.4. The van der Waals surface area contributed by atoms with Crippen LogP contribution in [0.3, 0.4) is 0 Å². The second-order valence-electron chi connectivity index (χ2n) is 10.1. The Kier molecular flexibility index (Phi) is 11.8. The zero-order valence-electron chi connectivity index (χ0n) is 24.8. The van der Waals surface area contributed by atoms with Crippen LogP contribution in [0, 0.1) is 6.92 Å². The number of ether oxygens (including phenoxy) is 1. The third kappa shape index (κ3) is 8.49. The molecular formula is C32H40ClN3O5S. The van der Waals surface area contributed by atoms with Crippen molar-refractivity contribution < 1.29 is 22.7 Å². The van der Waals surface area contributed by atoms with Gasteiger partial charge in [-0.05, 0) is 87.7 Å². The van der Waals surface area contributed by atoms with Crippen molar-refractivity contribution in [2.24, 2.45) is 0 Å². The fraction of sp³-hybridized carbons (Fsp3) is 0.375. The largest absolute Gasteiger partial charge is 0.494 e. The van der Waals surface area contributed by atoms with Crippen molar-refractivity contribution in [1.29, 1.82) is 0 Å². The van der Waals surface area contributed by atoms with Gasteiger partial charge >= 0.3 is 0 Å². The lowest BCUT2D eigenvalue weighted by molar-refractivity contribution is -0.140. The summed E-state index contributed by atoms with van der Waals surface area (Å²) in [6.07, 6.45) is 1.08. The van der Waals surface area contributed by atoms with Crippen molar-refractivity contribution in [2.75, 3.05) is 17.5 Å². The molecule has 0 aliphatic carbocycles. The van der Waals surface area contributed by atoms with Crippen LogP contribution in [0.4, 0.5) is 5.69 Å². The van der Waals surface area contributed by atoms with Crippen LogP contribution in [0.1, 0.15) is 51.7 Å². The maximum atomic E-state index is 14.1. The Labute approximate surface area is 254 Å². The number of nitrogens with zero attached hydrogens (tertiary/aromatic N) is 2. The molecule has 0 spiro atoms. The summed E-state index contributed by atoms with van der Waals surface area (Å²) in [5, 5.41) is 3.52. The third-order valence-corrected chi connectivity index (χ3v) is 9.02. The first kappa shape index (κ1) is 32.9. The summed E-state index contributed by atoms with van der Waals surface area (Å²) in [5.41, 5.74) is 2.05. The molecule has 0 bridgehead atoms. The third-order valence-electron chi connectivity index (χ3n) is 6.98. The lowest BCUT2D eigenvalue weighted by Crippen LogP contribution is -2.53. The molecule has 42 heavy (non-hydrogen) atoms. The minimum Gasteiger partial charge on any atom is -0.494 e. The number of carbonyl (C=O) groups excluding carboxylic acids is 2. The van der Waals surface area contributed by atoms with Crippen molar-refractivity contribution in [3.63, 3.8) is 0 Å². The van der Waals surface area contributed by atoms with Crippen molar-refractivity contribution in [2.45, 2.75) is 71.0 Å². The van der Waals surface area contributed by atoms with E-state index in [-0.39, 0.29) is 23.4 Å². The molecule has 3 aromatic rings. The Morgan fingerprint density at radius 3 is 2.07 bits per heavy atom. The first-order valence-electron chi connectivity index (χ1n) is 14.2. The van der Waals surface area contributed by atoms with E-state index in [1.807, 2.05) is 34.6 Å². The Balaban J connectivity index is 2.04. The van der Waals surface area contributed by atoms with E-state index < -0.39 is 28.5 Å². The number of hydrogen-bond donors (Lipinski definition) is 1. The monoisotopic (exact) mass is 613 g/mol. The first-order valence-corrected chi connectivity index (χ1v) is 16.0. The molecule has 0 aliphatic rings. The molecule has 0 heterocycles. The van der Waals surface area contributed by atoms with Crippen LogP contribution in [-0.4, -0.2) is 50.4 Å². The van der Waals surface area contributed by atoms with Crippen LogP contribution in [0.25, 0.3) is 0 Å². The lowest BCUT2D eigenvalue weighted by atomic mass is 10.1. The summed E-state index contributed by atoms with van der Waals surface area (Å²) < 4.78 is 34.6. The summed E-state index contributed by atoms with van der Waals surface area (Å²) in [6, 6.07) is 19.2. The first-order chi connectivity index (χ1) is 20.0. The van der Waals surface area contributed by atoms with E-state index in [1.165, 1.54) is 17.0 Å². The van der Waals surface area contributed by atoms with E-state index in [1.54, 1.807) is 60.7 Å². The van der Waals surface area contributed by atoms with Crippen LogP contribution >= 0.6 is 11.6 Å². The summed E-state index contributed by atoms with van der Waals surface area (Å²) in [4.78, 5) is 29.0. The highest BCUT2D eigenvalue weighted by Crippen LogP contribution is 2.27. The molecule has 0 aromatic heterocycles. The number of hydrogen-bond acceptors (Lipinski definition) is 5. The van der Waals surface area contributed by atoms with Crippen LogP contribution in [0.5, 0.6) is 5.75 Å². The van der Waals surface area contributed by atoms with Crippen LogP contribution in [0.15, 0.2) is 77.7 Å². The van der Waals surface area contributed by atoms with Gasteiger partial charge in [0.05, 0.1) is 17.2 Å². The van der Waals surface area contributed by atoms with Gasteiger partial charge in [-0.15, -0.1) is 0 Å². The summed E-state index contributed by atoms with van der Waals surface area (Å²) in [6.45, 7) is 9.49. The Morgan fingerprint density at radius 1 is 0.905 bits per heavy atom. The minimum absolute atomic E-state index is 0.0186. The van der Waals surface area contributed by atoms with Crippen LogP contribution in [-0.2, 0) is 26.2 Å². The topological polar surface area (TPSA) is 96.0 Å². The number of sulfonamides is 1. The number of amides is 2. The number of carbonyl (C=O) groups is 2. The number of halogens is 1. The maximum Gasteiger partial charge on any atom is 0.264 e. The molecular weight excluding hydrogens is 574 g/mol. The van der Waals surface area contributed by atoms with Crippen molar-refractivity contribution in [3.05, 3.63) is 88.9 Å². The second kappa shape index (κ2) is 15.1. The van der Waals surface area contributed by atoms with E-state index >= 15 is 0 Å². The van der Waals surface area contributed by atoms with Gasteiger partial charge < -0.3 is 15.0 Å². The van der Waals surface area contributed by atoms with Crippen molar-refractivity contribution in [1.82, 2.24) is 10.2 Å². The second-order valence-corrected chi connectivity index (χ2v) is 12.4. The summed E-state index contributed by atoms with van der Waals surface area (Å²) in [7, 11) is -4.17. The Morgan fingerprint density at radius 2 is 1.52 bits per heavy atom. The Bertz CT molecular complexity index is 1430. The molecule has 0 saturated heterocycles. The van der Waals surface area contributed by atoms with Gasteiger partial charge in [-0.2, -0.15) is 0 Å². The molecule has 0 radical (unpaired) electrons. The summed E-state index contributed by atoms with van der Waals surface area (Å²) in [5.74, 6) is -0.252. The average Bonchev–Trinajstić information content (AvgIpc) is 2.97. The molecule has 2 amide bonds. The number of benzene rings is 3. The molecule has 3 rings (SSSR count). The highest BCUT2D eigenvalue weighted by molar-refractivity contribution is 7.92. The van der Waals surface area contributed by atoms with E-state index in [9.17, 15) is 18.0 Å². The number of nitrogens with one attached hydrogen (secondary N) is 1. The van der Waals surface area contributed by atoms with E-state index in [0.29, 0.717) is 29.5 Å². The molecule has 2 unspecified atom stereocenters. The predicted octanol–water partition coefficient (Wildman–Crippen LogP) is 5.96. The van der Waals surface area contributed by atoms with Gasteiger partial charge in [0.1, 0.15) is 18.3 Å². The average molecular weight is 614 g/mol. The Hall–Kier alpha value is -3.56. The van der Waals surface area contributed by atoms with Crippen molar-refractivity contribution in [3.8, 4) is 5.75 Å². The van der Waals surface area contributed by atoms with Gasteiger partial charge in [0.25, 0.3) is 10.0 Å². The van der Waals surface area contributed by atoms with E-state index in [2.05, 4.69) is 5.32 Å². The molecule has 8 nitrogen and oxygen atoms in total. The smallest absolute Gasteiger partial charge is 0.264 e. The van der Waals surface area contributed by atoms with Crippen LogP contribution in [0.2, 0.25) is 5.02 Å². The summed E-state index contributed by atoms with van der Waals surface area (Å²) >= 11 is 6.08.